The van der Waals surface area contributed by atoms with Gasteiger partial charge in [0.25, 0.3) is 0 Å². The van der Waals surface area contributed by atoms with Crippen molar-refractivity contribution < 1.29 is 17.9 Å². The fraction of sp³-hybridized carbons (Fsp3) is 1.00. The Balaban J connectivity index is 0.000000167. The van der Waals surface area contributed by atoms with Gasteiger partial charge in [-0.2, -0.15) is 0 Å². The zero-order valence-corrected chi connectivity index (χ0v) is 41.6. The third-order valence-corrected chi connectivity index (χ3v) is 19.4. The van der Waals surface area contributed by atoms with E-state index >= 15 is 0 Å². The van der Waals surface area contributed by atoms with E-state index in [4.69, 9.17) is 0 Å². The van der Waals surface area contributed by atoms with Gasteiger partial charge in [0.1, 0.15) is 6.04 Å². The lowest BCUT2D eigenvalue weighted by molar-refractivity contribution is -0.964. The lowest BCUT2D eigenvalue weighted by Gasteiger charge is -2.58. The Bertz CT molecular complexity index is 1120. The number of likely N-dealkylation sites (tertiary alicyclic amines) is 5. The highest BCUT2D eigenvalue weighted by atomic mass is 15.4. The van der Waals surface area contributed by atoms with E-state index in [0.29, 0.717) is 5.41 Å². The van der Waals surface area contributed by atoms with Gasteiger partial charge in [-0.1, -0.05) is 13.8 Å². The Morgan fingerprint density at radius 3 is 1.36 bits per heavy atom. The van der Waals surface area contributed by atoms with Crippen molar-refractivity contribution in [3.05, 3.63) is 0 Å². The molecule has 2 bridgehead atoms. The van der Waals surface area contributed by atoms with Crippen molar-refractivity contribution >= 4 is 0 Å². The first-order valence-corrected chi connectivity index (χ1v) is 24.8. The molecule has 0 N–H and O–H groups in total. The number of hydrogen-bond donors (Lipinski definition) is 0. The molecule has 8 aliphatic heterocycles. The Labute approximate surface area is 352 Å². The molecule has 0 aromatic rings. The molecule has 3 atom stereocenters. The fourth-order valence-electron chi connectivity index (χ4n) is 13.2. The van der Waals surface area contributed by atoms with Crippen LogP contribution < -0.4 is 0 Å². The Morgan fingerprint density at radius 2 is 1.00 bits per heavy atom. The predicted molar refractivity (Wildman–Crippen MR) is 245 cm³/mol. The van der Waals surface area contributed by atoms with Crippen molar-refractivity contribution in [3.8, 4) is 0 Å². The summed E-state index contributed by atoms with van der Waals surface area (Å²) in [6.45, 7) is 53.4. The molecule has 330 valence electrons. The minimum Gasteiger partial charge on any atom is -0.324 e. The Hall–Kier alpha value is -0.240. The van der Waals surface area contributed by atoms with E-state index in [1.165, 1.54) is 148 Å². The van der Waals surface area contributed by atoms with E-state index in [1.54, 1.807) is 0 Å². The number of likely N-dealkylation sites (N-methyl/N-ethyl adjacent to an activating group) is 1. The highest BCUT2D eigenvalue weighted by Crippen LogP contribution is 2.49. The molecule has 0 aromatic heterocycles. The zero-order valence-electron chi connectivity index (χ0n) is 41.6. The van der Waals surface area contributed by atoms with E-state index in [0.717, 1.165) is 65.7 Å². The van der Waals surface area contributed by atoms with Gasteiger partial charge in [-0.15, -0.1) is 0 Å². The van der Waals surface area contributed by atoms with E-state index < -0.39 is 0 Å². The maximum absolute atomic E-state index is 2.73. The second-order valence-electron chi connectivity index (χ2n) is 23.9. The monoisotopic (exact) mass is 789 g/mol. The molecular formula is C50H104N6+4. The normalized spacial score (nSPS) is 34.6. The van der Waals surface area contributed by atoms with Gasteiger partial charge >= 0.3 is 0 Å². The summed E-state index contributed by atoms with van der Waals surface area (Å²) in [5.74, 6) is 0.900. The second-order valence-corrected chi connectivity index (χ2v) is 23.9. The summed E-state index contributed by atoms with van der Waals surface area (Å²) in [6.07, 6.45) is 13.1. The van der Waals surface area contributed by atoms with Crippen LogP contribution in [0.2, 0.25) is 0 Å². The smallest absolute Gasteiger partial charge is 0.106 e. The topological polar surface area (TPSA) is 6.48 Å². The standard InChI is InChI=1S/C14H29N2.C13H27N2.C13H26N.C10H22N/c1-12(2)15-10-14(11-15)6-8-16(5,9-7-14)13(3)4;1-10(2)14-8-6-13-12(14)7-9-15(13,5)11(3)4;1-11(2)13-5-8-14(9-6-13,10-7-13)12(3)4;1-9(2)11(10(3)4)7-5-6-8-11/h12-13H,6-11H2,1-5H3;10-13H,6-9H2,1-5H3;11-12H,5-10H2,1-4H3;9-10H,5-8H2,1-4H3/q4*+1. The van der Waals surface area contributed by atoms with Crippen LogP contribution in [-0.4, -0.2) is 168 Å². The average molecular weight is 789 g/mol. The molecule has 0 aromatic carbocycles. The largest absolute Gasteiger partial charge is 0.324 e. The van der Waals surface area contributed by atoms with Crippen LogP contribution in [-0.2, 0) is 0 Å². The first-order valence-electron chi connectivity index (χ1n) is 24.8. The highest BCUT2D eigenvalue weighted by Gasteiger charge is 2.54. The second kappa shape index (κ2) is 18.8. The summed E-state index contributed by atoms with van der Waals surface area (Å²) in [7, 11) is 4.91. The molecule has 0 amide bonds. The van der Waals surface area contributed by atoms with E-state index in [9.17, 15) is 0 Å². The lowest BCUT2D eigenvalue weighted by Crippen LogP contribution is -2.66. The van der Waals surface area contributed by atoms with Crippen LogP contribution in [0.4, 0.5) is 0 Å². The molecule has 6 heteroatoms. The SMILES string of the molecule is CC(C)C12CC[N+](C(C)C)(CC1)CC2.CC(C)N1CC2(CC[N+](C)(C(C)C)CC2)C1.CC(C)N1CCC2C1CC[N+]2(C)C(C)C.CC(C)[N+]1(C(C)C)CCCC1. The molecule has 6 nitrogen and oxygen atoms in total. The number of nitrogens with zero attached hydrogens (tertiary/aromatic N) is 6. The van der Waals surface area contributed by atoms with Crippen molar-refractivity contribution in [2.45, 2.75) is 223 Å². The number of quaternary nitrogens is 4. The van der Waals surface area contributed by atoms with Crippen molar-refractivity contribution in [1.29, 1.82) is 0 Å². The van der Waals surface area contributed by atoms with Gasteiger partial charge in [0.05, 0.1) is 103 Å². The minimum atomic E-state index is 0.705. The predicted octanol–water partition coefficient (Wildman–Crippen LogP) is 9.91. The molecule has 8 heterocycles. The van der Waals surface area contributed by atoms with Gasteiger partial charge in [0, 0.05) is 94.9 Å². The van der Waals surface area contributed by atoms with Crippen LogP contribution in [0, 0.1) is 16.7 Å². The van der Waals surface area contributed by atoms with E-state index in [2.05, 4.69) is 135 Å². The highest BCUT2D eigenvalue weighted by molar-refractivity contribution is 4.98. The summed E-state index contributed by atoms with van der Waals surface area (Å²) < 4.78 is 5.39. The number of piperidine rings is 4. The van der Waals surface area contributed by atoms with Crippen molar-refractivity contribution in [2.24, 2.45) is 16.7 Å². The van der Waals surface area contributed by atoms with Gasteiger partial charge in [0.15, 0.2) is 0 Å². The lowest BCUT2D eigenvalue weighted by atomic mass is 9.64. The molecule has 1 spiro atoms. The molecule has 8 fully saturated rings. The van der Waals surface area contributed by atoms with Crippen LogP contribution in [0.15, 0.2) is 0 Å². The van der Waals surface area contributed by atoms with Gasteiger partial charge in [-0.25, -0.2) is 0 Å². The molecule has 8 aliphatic rings. The van der Waals surface area contributed by atoms with Gasteiger partial charge < -0.3 is 17.9 Å². The van der Waals surface area contributed by atoms with Crippen molar-refractivity contribution in [3.63, 3.8) is 0 Å². The summed E-state index contributed by atoms with van der Waals surface area (Å²) >= 11 is 0. The molecule has 56 heavy (non-hydrogen) atoms. The molecule has 0 radical (unpaired) electrons. The number of fused-ring (bicyclic) bond motifs is 4. The van der Waals surface area contributed by atoms with Gasteiger partial charge in [-0.05, 0) is 108 Å². The van der Waals surface area contributed by atoms with Crippen molar-refractivity contribution in [2.75, 3.05) is 86.1 Å². The molecular weight excluding hydrogens is 685 g/mol. The molecule has 3 unspecified atom stereocenters. The third kappa shape index (κ3) is 9.93. The maximum Gasteiger partial charge on any atom is 0.106 e. The first-order chi connectivity index (χ1) is 25.9. The number of rotatable bonds is 8. The minimum absolute atomic E-state index is 0.705. The summed E-state index contributed by atoms with van der Waals surface area (Å²) in [4.78, 5) is 5.36. The van der Waals surface area contributed by atoms with Crippen LogP contribution in [0.3, 0.4) is 0 Å². The molecule has 8 rings (SSSR count). The Kier molecular flexibility index (Phi) is 16.3. The fourth-order valence-corrected chi connectivity index (χ4v) is 13.2. The van der Waals surface area contributed by atoms with Crippen LogP contribution >= 0.6 is 0 Å². The molecule has 8 saturated heterocycles. The molecule has 0 saturated carbocycles. The average Bonchev–Trinajstić information content (AvgIpc) is 3.88. The number of hydrogen-bond acceptors (Lipinski definition) is 2. The quantitative estimate of drug-likeness (QED) is 0.226. The van der Waals surface area contributed by atoms with Crippen LogP contribution in [0.1, 0.15) is 169 Å². The summed E-state index contributed by atoms with van der Waals surface area (Å²) in [6, 6.07) is 7.32. The summed E-state index contributed by atoms with van der Waals surface area (Å²) in [5.41, 5.74) is 1.44. The van der Waals surface area contributed by atoms with Crippen LogP contribution in [0.25, 0.3) is 0 Å². The third-order valence-electron chi connectivity index (χ3n) is 19.4. The van der Waals surface area contributed by atoms with Gasteiger partial charge in [-0.3, -0.25) is 9.80 Å². The molecule has 0 aliphatic carbocycles. The Morgan fingerprint density at radius 1 is 0.500 bits per heavy atom. The zero-order chi connectivity index (χ0) is 42.1. The first kappa shape index (κ1) is 48.4. The summed E-state index contributed by atoms with van der Waals surface area (Å²) in [5, 5.41) is 0. The van der Waals surface area contributed by atoms with Crippen molar-refractivity contribution in [1.82, 2.24) is 9.80 Å². The van der Waals surface area contributed by atoms with E-state index in [1.807, 2.05) is 0 Å². The van der Waals surface area contributed by atoms with Gasteiger partial charge in [0.2, 0.25) is 0 Å². The van der Waals surface area contributed by atoms with Crippen LogP contribution in [0.5, 0.6) is 0 Å². The van der Waals surface area contributed by atoms with E-state index in [-0.39, 0.29) is 0 Å². The maximum atomic E-state index is 2.73.